The van der Waals surface area contributed by atoms with Gasteiger partial charge in [-0.25, -0.2) is 4.79 Å². The van der Waals surface area contributed by atoms with E-state index < -0.39 is 0 Å². The molecule has 1 aliphatic heterocycles. The Balaban J connectivity index is 2.46. The predicted molar refractivity (Wildman–Crippen MR) is 54.1 cm³/mol. The van der Waals surface area contributed by atoms with Crippen LogP contribution in [0.15, 0.2) is 16.6 Å². The number of carbonyl (C=O) groups is 1. The molecule has 2 rings (SSSR count). The molecule has 4 heteroatoms. The first-order valence-corrected chi connectivity index (χ1v) is 5.11. The fourth-order valence-electron chi connectivity index (χ4n) is 1.50. The number of carbonyl (C=O) groups excluding carboxylic acids is 1. The Bertz CT molecular complexity index is 387. The lowest BCUT2D eigenvalue weighted by molar-refractivity contribution is 0.0535. The van der Waals surface area contributed by atoms with E-state index >= 15 is 0 Å². The van der Waals surface area contributed by atoms with Crippen LogP contribution in [0.2, 0.25) is 0 Å². The molecule has 3 nitrogen and oxygen atoms in total. The Morgan fingerprint density at radius 3 is 3.00 bits per heavy atom. The van der Waals surface area contributed by atoms with Gasteiger partial charge in [-0.2, -0.15) is 0 Å². The third kappa shape index (κ3) is 1.55. The van der Waals surface area contributed by atoms with Crippen LogP contribution in [0.25, 0.3) is 0 Å². The zero-order valence-electron chi connectivity index (χ0n) is 7.42. The summed E-state index contributed by atoms with van der Waals surface area (Å²) >= 11 is 3.39. The number of ether oxygens (including phenoxy) is 1. The molecule has 0 saturated heterocycles. The number of halogens is 1. The molecule has 74 valence electrons. The molecule has 0 bridgehead atoms. The first-order chi connectivity index (χ1) is 6.72. The van der Waals surface area contributed by atoms with E-state index in [1.54, 1.807) is 6.07 Å². The monoisotopic (exact) mass is 256 g/mol. The van der Waals surface area contributed by atoms with E-state index in [4.69, 9.17) is 9.84 Å². The van der Waals surface area contributed by atoms with Crippen molar-refractivity contribution in [3.8, 4) is 0 Å². The molecule has 1 aliphatic rings. The number of cyclic esters (lactones) is 1. The van der Waals surface area contributed by atoms with Gasteiger partial charge in [0.05, 0.1) is 5.56 Å². The largest absolute Gasteiger partial charge is 0.457 e. The number of aliphatic hydroxyl groups is 1. The van der Waals surface area contributed by atoms with Gasteiger partial charge in [0.1, 0.15) is 6.61 Å². The van der Waals surface area contributed by atoms with Crippen LogP contribution in [0.4, 0.5) is 0 Å². The Morgan fingerprint density at radius 2 is 2.29 bits per heavy atom. The Hall–Kier alpha value is -0.870. The summed E-state index contributed by atoms with van der Waals surface area (Å²) in [6, 6.07) is 3.66. The highest BCUT2D eigenvalue weighted by molar-refractivity contribution is 9.10. The molecule has 0 atom stereocenters. The predicted octanol–water partition coefficient (Wildman–Crippen LogP) is 1.65. The minimum atomic E-state index is -0.272. The maximum atomic E-state index is 11.2. The number of hydrogen-bond acceptors (Lipinski definition) is 3. The summed E-state index contributed by atoms with van der Waals surface area (Å²) in [5, 5.41) is 8.82. The van der Waals surface area contributed by atoms with E-state index in [9.17, 15) is 4.79 Å². The van der Waals surface area contributed by atoms with Crippen LogP contribution in [0.5, 0.6) is 0 Å². The van der Waals surface area contributed by atoms with Crippen molar-refractivity contribution in [1.82, 2.24) is 0 Å². The van der Waals surface area contributed by atoms with Gasteiger partial charge in [-0.3, -0.25) is 0 Å². The van der Waals surface area contributed by atoms with Gasteiger partial charge in [0.15, 0.2) is 0 Å². The van der Waals surface area contributed by atoms with Gasteiger partial charge >= 0.3 is 5.97 Å². The number of rotatable bonds is 2. The molecule has 1 aromatic rings. The fraction of sp³-hybridized carbons (Fsp3) is 0.300. The maximum absolute atomic E-state index is 11.2. The normalized spacial score (nSPS) is 14.0. The Labute approximate surface area is 89.8 Å². The van der Waals surface area contributed by atoms with Crippen LogP contribution in [0, 0.1) is 0 Å². The molecule has 0 radical (unpaired) electrons. The third-order valence-electron chi connectivity index (χ3n) is 2.23. The summed E-state index contributed by atoms with van der Waals surface area (Å²) in [5.74, 6) is -0.272. The van der Waals surface area contributed by atoms with Gasteiger partial charge in [-0.15, -0.1) is 0 Å². The third-order valence-corrected chi connectivity index (χ3v) is 2.97. The number of fused-ring (bicyclic) bond motifs is 1. The van der Waals surface area contributed by atoms with Crippen molar-refractivity contribution < 1.29 is 14.6 Å². The molecule has 1 N–H and O–H groups in total. The summed E-state index contributed by atoms with van der Waals surface area (Å²) in [6.45, 7) is 0.429. The van der Waals surface area contributed by atoms with E-state index in [2.05, 4.69) is 15.9 Å². The molecule has 0 aliphatic carbocycles. The zero-order chi connectivity index (χ0) is 10.1. The summed E-state index contributed by atoms with van der Waals surface area (Å²) in [7, 11) is 0. The number of hydrogen-bond donors (Lipinski definition) is 1. The standard InChI is InChI=1S/C10H9BrO3/c11-9-4-7-5-14-10(13)8(7)3-6(9)1-2-12/h3-4,12H,1-2,5H2. The molecule has 0 aromatic heterocycles. The van der Waals surface area contributed by atoms with E-state index in [0.717, 1.165) is 15.6 Å². The van der Waals surface area contributed by atoms with Gasteiger partial charge in [0.25, 0.3) is 0 Å². The molecule has 1 aromatic carbocycles. The number of esters is 1. The molecule has 0 fully saturated rings. The Kier molecular flexibility index (Phi) is 2.56. The van der Waals surface area contributed by atoms with Crippen LogP contribution < -0.4 is 0 Å². The van der Waals surface area contributed by atoms with Crippen molar-refractivity contribution in [3.05, 3.63) is 33.3 Å². The first kappa shape index (κ1) is 9.68. The lowest BCUT2D eigenvalue weighted by Gasteiger charge is -2.03. The van der Waals surface area contributed by atoms with Crippen molar-refractivity contribution in [2.24, 2.45) is 0 Å². The van der Waals surface area contributed by atoms with Gasteiger partial charge in [-0.1, -0.05) is 15.9 Å². The minimum Gasteiger partial charge on any atom is -0.457 e. The first-order valence-electron chi connectivity index (χ1n) is 4.31. The second kappa shape index (κ2) is 3.71. The van der Waals surface area contributed by atoms with E-state index in [1.165, 1.54) is 0 Å². The van der Waals surface area contributed by atoms with Crippen LogP contribution >= 0.6 is 15.9 Å². The summed E-state index contributed by atoms with van der Waals surface area (Å²) in [5.41, 5.74) is 2.46. The summed E-state index contributed by atoms with van der Waals surface area (Å²) in [6.07, 6.45) is 0.543. The van der Waals surface area contributed by atoms with Gasteiger partial charge < -0.3 is 9.84 Å². The number of aliphatic hydroxyl groups excluding tert-OH is 1. The second-order valence-electron chi connectivity index (χ2n) is 3.15. The second-order valence-corrected chi connectivity index (χ2v) is 4.00. The Morgan fingerprint density at radius 1 is 1.50 bits per heavy atom. The van der Waals surface area contributed by atoms with Crippen molar-refractivity contribution in [1.29, 1.82) is 0 Å². The average molecular weight is 257 g/mol. The fourth-order valence-corrected chi connectivity index (χ4v) is 2.09. The molecule has 1 heterocycles. The molecular weight excluding hydrogens is 248 g/mol. The van der Waals surface area contributed by atoms with E-state index in [-0.39, 0.29) is 12.6 Å². The van der Waals surface area contributed by atoms with Crippen LogP contribution in [0.3, 0.4) is 0 Å². The minimum absolute atomic E-state index is 0.0758. The quantitative estimate of drug-likeness (QED) is 0.819. The molecule has 0 unspecified atom stereocenters. The highest BCUT2D eigenvalue weighted by Crippen LogP contribution is 2.27. The summed E-state index contributed by atoms with van der Waals surface area (Å²) < 4.78 is 5.81. The highest BCUT2D eigenvalue weighted by Gasteiger charge is 2.22. The van der Waals surface area contributed by atoms with E-state index in [0.29, 0.717) is 18.6 Å². The van der Waals surface area contributed by atoms with Crippen LogP contribution in [0.1, 0.15) is 21.5 Å². The highest BCUT2D eigenvalue weighted by atomic mass is 79.9. The van der Waals surface area contributed by atoms with Crippen molar-refractivity contribution in [3.63, 3.8) is 0 Å². The molecule has 0 amide bonds. The summed E-state index contributed by atoms with van der Waals surface area (Å²) in [4.78, 5) is 11.2. The molecule has 0 spiro atoms. The SMILES string of the molecule is O=C1OCc2cc(Br)c(CCO)cc21. The van der Waals surface area contributed by atoms with Crippen LogP contribution in [-0.2, 0) is 17.8 Å². The zero-order valence-corrected chi connectivity index (χ0v) is 9.00. The smallest absolute Gasteiger partial charge is 0.338 e. The van der Waals surface area contributed by atoms with Crippen LogP contribution in [-0.4, -0.2) is 17.7 Å². The average Bonchev–Trinajstić information content (AvgIpc) is 2.49. The maximum Gasteiger partial charge on any atom is 0.338 e. The van der Waals surface area contributed by atoms with Crippen molar-refractivity contribution >= 4 is 21.9 Å². The molecule has 14 heavy (non-hydrogen) atoms. The lowest BCUT2D eigenvalue weighted by Crippen LogP contribution is -1.98. The molecular formula is C10H9BrO3. The lowest BCUT2D eigenvalue weighted by atomic mass is 10.0. The van der Waals surface area contributed by atoms with Gasteiger partial charge in [0, 0.05) is 16.6 Å². The van der Waals surface area contributed by atoms with Gasteiger partial charge in [0.2, 0.25) is 0 Å². The van der Waals surface area contributed by atoms with E-state index in [1.807, 2.05) is 6.07 Å². The number of benzene rings is 1. The van der Waals surface area contributed by atoms with Crippen molar-refractivity contribution in [2.45, 2.75) is 13.0 Å². The van der Waals surface area contributed by atoms with Gasteiger partial charge in [-0.05, 0) is 24.1 Å². The molecule has 0 saturated carbocycles. The van der Waals surface area contributed by atoms with Crippen molar-refractivity contribution in [2.75, 3.05) is 6.61 Å². The topological polar surface area (TPSA) is 46.5 Å².